The summed E-state index contributed by atoms with van der Waals surface area (Å²) in [5, 5.41) is 9.97. The van der Waals surface area contributed by atoms with Crippen molar-refractivity contribution in [3.63, 3.8) is 0 Å². The molecule has 2 atom stereocenters. The zero-order valence-electron chi connectivity index (χ0n) is 13.2. The van der Waals surface area contributed by atoms with Crippen molar-refractivity contribution < 1.29 is 14.6 Å². The molecule has 0 fully saturated rings. The second kappa shape index (κ2) is 7.49. The van der Waals surface area contributed by atoms with Gasteiger partial charge in [0.15, 0.2) is 0 Å². The number of aliphatic hydroxyl groups excluding tert-OH is 1. The predicted octanol–water partition coefficient (Wildman–Crippen LogP) is 3.48. The van der Waals surface area contributed by atoms with Gasteiger partial charge in [0.25, 0.3) is 0 Å². The van der Waals surface area contributed by atoms with Crippen LogP contribution < -0.4 is 0 Å². The Morgan fingerprint density at radius 2 is 1.74 bits per heavy atom. The quantitative estimate of drug-likeness (QED) is 0.472. The van der Waals surface area contributed by atoms with E-state index in [2.05, 4.69) is 0 Å². The second-order valence-corrected chi connectivity index (χ2v) is 6.33. The SMILES string of the molecule is C/C(=C\C=C\C(=O)OC(C)(C)C)[C@@H](C)[C@@H](O)C(C)C. The van der Waals surface area contributed by atoms with E-state index in [1.54, 1.807) is 6.08 Å². The Balaban J connectivity index is 4.51. The molecule has 3 nitrogen and oxygen atoms in total. The lowest BCUT2D eigenvalue weighted by Crippen LogP contribution is -2.24. The summed E-state index contributed by atoms with van der Waals surface area (Å²) in [5.41, 5.74) is 0.572. The highest BCUT2D eigenvalue weighted by Crippen LogP contribution is 2.20. The minimum atomic E-state index is -0.471. The number of esters is 1. The lowest BCUT2D eigenvalue weighted by molar-refractivity contribution is -0.148. The molecule has 1 N–H and O–H groups in total. The number of rotatable bonds is 5. The van der Waals surface area contributed by atoms with Gasteiger partial charge in [0.2, 0.25) is 0 Å². The molecular weight excluding hydrogens is 240 g/mol. The molecule has 0 radical (unpaired) electrons. The fraction of sp³-hybridized carbons (Fsp3) is 0.688. The summed E-state index contributed by atoms with van der Waals surface area (Å²) in [6, 6.07) is 0. The minimum Gasteiger partial charge on any atom is -0.457 e. The maximum Gasteiger partial charge on any atom is 0.331 e. The van der Waals surface area contributed by atoms with Crippen LogP contribution in [-0.4, -0.2) is 22.8 Å². The normalized spacial score (nSPS) is 16.8. The Morgan fingerprint density at radius 1 is 1.21 bits per heavy atom. The molecule has 0 spiro atoms. The van der Waals surface area contributed by atoms with Gasteiger partial charge in [-0.1, -0.05) is 38.5 Å². The van der Waals surface area contributed by atoms with E-state index in [1.807, 2.05) is 54.5 Å². The average Bonchev–Trinajstić information content (AvgIpc) is 2.24. The summed E-state index contributed by atoms with van der Waals surface area (Å²) < 4.78 is 5.16. The Hall–Kier alpha value is -1.09. The van der Waals surface area contributed by atoms with Crippen LogP contribution in [0.25, 0.3) is 0 Å². The van der Waals surface area contributed by atoms with Crippen molar-refractivity contribution >= 4 is 5.97 Å². The summed E-state index contributed by atoms with van der Waals surface area (Å²) in [6.45, 7) is 13.4. The van der Waals surface area contributed by atoms with Crippen LogP contribution in [0.2, 0.25) is 0 Å². The molecule has 0 rings (SSSR count). The first-order valence-electron chi connectivity index (χ1n) is 6.80. The summed E-state index contributed by atoms with van der Waals surface area (Å²) in [5.74, 6) is -0.0647. The molecule has 0 aliphatic rings. The number of aliphatic hydroxyl groups is 1. The summed E-state index contributed by atoms with van der Waals surface area (Å²) in [6.07, 6.45) is 4.56. The van der Waals surface area contributed by atoms with Gasteiger partial charge in [-0.15, -0.1) is 0 Å². The molecule has 0 aromatic carbocycles. The number of ether oxygens (including phenoxy) is 1. The van der Waals surface area contributed by atoms with Crippen LogP contribution in [0.5, 0.6) is 0 Å². The van der Waals surface area contributed by atoms with Crippen LogP contribution in [0.3, 0.4) is 0 Å². The average molecular weight is 268 g/mol. The number of carbonyl (C=O) groups is 1. The first-order chi connectivity index (χ1) is 8.54. The van der Waals surface area contributed by atoms with Crippen molar-refractivity contribution in [3.8, 4) is 0 Å². The van der Waals surface area contributed by atoms with Crippen molar-refractivity contribution in [2.45, 2.75) is 60.2 Å². The maximum atomic E-state index is 11.5. The van der Waals surface area contributed by atoms with E-state index >= 15 is 0 Å². The van der Waals surface area contributed by atoms with E-state index in [4.69, 9.17) is 4.74 Å². The first kappa shape index (κ1) is 17.9. The molecule has 0 unspecified atom stereocenters. The fourth-order valence-corrected chi connectivity index (χ4v) is 1.61. The molecule has 0 aliphatic heterocycles. The Morgan fingerprint density at radius 3 is 2.16 bits per heavy atom. The highest BCUT2D eigenvalue weighted by Gasteiger charge is 2.18. The zero-order chi connectivity index (χ0) is 15.2. The molecule has 0 aromatic heterocycles. The Labute approximate surface area is 117 Å². The van der Waals surface area contributed by atoms with Crippen LogP contribution in [-0.2, 0) is 9.53 Å². The van der Waals surface area contributed by atoms with Gasteiger partial charge in [-0.3, -0.25) is 0 Å². The minimum absolute atomic E-state index is 0.0725. The third-order valence-electron chi connectivity index (χ3n) is 2.91. The summed E-state index contributed by atoms with van der Waals surface area (Å²) in [4.78, 5) is 11.5. The van der Waals surface area contributed by atoms with Crippen LogP contribution >= 0.6 is 0 Å². The Kier molecular flexibility index (Phi) is 7.06. The van der Waals surface area contributed by atoms with Gasteiger partial charge < -0.3 is 9.84 Å². The molecule has 0 aromatic rings. The highest BCUT2D eigenvalue weighted by atomic mass is 16.6. The van der Waals surface area contributed by atoms with Crippen LogP contribution in [0.1, 0.15) is 48.5 Å². The van der Waals surface area contributed by atoms with Crippen molar-refractivity contribution in [2.75, 3.05) is 0 Å². The number of allylic oxidation sites excluding steroid dienone is 2. The van der Waals surface area contributed by atoms with Gasteiger partial charge in [-0.2, -0.15) is 0 Å². The van der Waals surface area contributed by atoms with E-state index in [0.717, 1.165) is 5.57 Å². The molecular formula is C16H28O3. The topological polar surface area (TPSA) is 46.5 Å². The van der Waals surface area contributed by atoms with E-state index in [0.29, 0.717) is 0 Å². The van der Waals surface area contributed by atoms with Gasteiger partial charge in [0.05, 0.1) is 6.10 Å². The summed E-state index contributed by atoms with van der Waals surface area (Å²) in [7, 11) is 0. The van der Waals surface area contributed by atoms with Gasteiger partial charge in [-0.25, -0.2) is 4.79 Å². The van der Waals surface area contributed by atoms with Crippen molar-refractivity contribution in [1.29, 1.82) is 0 Å². The molecule has 0 bridgehead atoms. The van der Waals surface area contributed by atoms with Gasteiger partial charge in [0.1, 0.15) is 5.60 Å². The predicted molar refractivity (Wildman–Crippen MR) is 78.8 cm³/mol. The maximum absolute atomic E-state index is 11.5. The van der Waals surface area contributed by atoms with Crippen molar-refractivity contribution in [1.82, 2.24) is 0 Å². The molecule has 0 saturated heterocycles. The molecule has 110 valence electrons. The molecule has 0 heterocycles. The number of hydrogen-bond acceptors (Lipinski definition) is 3. The molecule has 19 heavy (non-hydrogen) atoms. The largest absolute Gasteiger partial charge is 0.457 e. The van der Waals surface area contributed by atoms with Crippen molar-refractivity contribution in [2.24, 2.45) is 11.8 Å². The zero-order valence-corrected chi connectivity index (χ0v) is 13.2. The van der Waals surface area contributed by atoms with Crippen molar-refractivity contribution in [3.05, 3.63) is 23.8 Å². The van der Waals surface area contributed by atoms with Crippen LogP contribution in [0.4, 0.5) is 0 Å². The van der Waals surface area contributed by atoms with E-state index in [1.165, 1.54) is 6.08 Å². The van der Waals surface area contributed by atoms with Gasteiger partial charge >= 0.3 is 5.97 Å². The third kappa shape index (κ3) is 7.83. The van der Waals surface area contributed by atoms with Gasteiger partial charge in [-0.05, 0) is 33.6 Å². The number of hydrogen-bond donors (Lipinski definition) is 1. The van der Waals surface area contributed by atoms with E-state index in [-0.39, 0.29) is 23.9 Å². The third-order valence-corrected chi connectivity index (χ3v) is 2.91. The Bertz CT molecular complexity index is 345. The molecule has 3 heteroatoms. The van der Waals surface area contributed by atoms with Gasteiger partial charge in [0, 0.05) is 12.0 Å². The molecule has 0 amide bonds. The smallest absolute Gasteiger partial charge is 0.331 e. The van der Waals surface area contributed by atoms with Crippen LogP contribution in [0, 0.1) is 11.8 Å². The first-order valence-corrected chi connectivity index (χ1v) is 6.80. The highest BCUT2D eigenvalue weighted by molar-refractivity contribution is 5.82. The summed E-state index contributed by atoms with van der Waals surface area (Å²) >= 11 is 0. The molecule has 0 saturated carbocycles. The van der Waals surface area contributed by atoms with E-state index in [9.17, 15) is 9.90 Å². The second-order valence-electron chi connectivity index (χ2n) is 6.33. The number of carbonyl (C=O) groups excluding carboxylic acids is 1. The molecule has 0 aliphatic carbocycles. The lowest BCUT2D eigenvalue weighted by atomic mass is 9.89. The van der Waals surface area contributed by atoms with E-state index < -0.39 is 5.60 Å². The fourth-order valence-electron chi connectivity index (χ4n) is 1.61. The standard InChI is InChI=1S/C16H28O3/c1-11(2)15(18)13(4)12(3)9-8-10-14(17)19-16(5,6)7/h8-11,13,15,18H,1-7H3/b10-8+,12-9+/t13-,15+/m1/s1. The lowest BCUT2D eigenvalue weighted by Gasteiger charge is -2.22. The monoisotopic (exact) mass is 268 g/mol. The van der Waals surface area contributed by atoms with Crippen LogP contribution in [0.15, 0.2) is 23.8 Å².